The van der Waals surface area contributed by atoms with Crippen LogP contribution in [0.15, 0.2) is 48.5 Å². The third kappa shape index (κ3) is 6.51. The van der Waals surface area contributed by atoms with E-state index in [2.05, 4.69) is 0 Å². The fourth-order valence-corrected chi connectivity index (χ4v) is 5.89. The van der Waals surface area contributed by atoms with Crippen LogP contribution in [0.2, 0.25) is 10.0 Å². The molecule has 2 N–H and O–H groups in total. The highest BCUT2D eigenvalue weighted by Gasteiger charge is 2.47. The Morgan fingerprint density at radius 1 is 1.06 bits per heavy atom. The van der Waals surface area contributed by atoms with Crippen LogP contribution in [0.25, 0.3) is 0 Å². The molecular weight excluding hydrogens is 531 g/mol. The molecule has 194 valence electrons. The van der Waals surface area contributed by atoms with E-state index >= 15 is 0 Å². The second-order valence-corrected chi connectivity index (χ2v) is 13.2. The maximum absolute atomic E-state index is 13.7. The van der Waals surface area contributed by atoms with E-state index in [9.17, 15) is 13.2 Å². The largest absolute Gasteiger partial charge is 0.357 e. The average molecular weight is 564 g/mol. The normalized spacial score (nSPS) is 22.0. The summed E-state index contributed by atoms with van der Waals surface area (Å²) < 4.78 is 31.7. The molecule has 0 saturated carbocycles. The van der Waals surface area contributed by atoms with Crippen molar-refractivity contribution in [3.63, 3.8) is 0 Å². The molecule has 6 nitrogen and oxygen atoms in total. The number of carbonyl (C=O) groups excluding carboxylic acids is 1. The Morgan fingerprint density at radius 2 is 1.69 bits per heavy atom. The molecule has 0 radical (unpaired) electrons. The van der Waals surface area contributed by atoms with Crippen molar-refractivity contribution in [2.45, 2.75) is 63.2 Å². The SMILES string of the molecule is CCC(CS(=O)(=O)C(C)(C)C)N1C(=O)[C@H](CN)O[C@H](c2cccc(Cl)c2)[C@H]1c1ccc(Cl)cc1.Cl. The Bertz CT molecular complexity index is 1120. The van der Waals surface area contributed by atoms with Crippen molar-refractivity contribution in [3.05, 3.63) is 69.7 Å². The maximum atomic E-state index is 13.7. The van der Waals surface area contributed by atoms with E-state index in [4.69, 9.17) is 33.7 Å². The van der Waals surface area contributed by atoms with Gasteiger partial charge in [0.15, 0.2) is 9.84 Å². The van der Waals surface area contributed by atoms with Gasteiger partial charge in [-0.05, 0) is 62.6 Å². The topological polar surface area (TPSA) is 89.7 Å². The monoisotopic (exact) mass is 562 g/mol. The Hall–Kier alpha value is -1.35. The molecule has 1 saturated heterocycles. The molecule has 1 amide bonds. The van der Waals surface area contributed by atoms with Gasteiger partial charge in [0.05, 0.1) is 16.5 Å². The third-order valence-electron chi connectivity index (χ3n) is 6.24. The molecule has 2 aromatic carbocycles. The summed E-state index contributed by atoms with van der Waals surface area (Å²) in [5, 5.41) is 1.09. The molecule has 1 aliphatic heterocycles. The van der Waals surface area contributed by atoms with Crippen molar-refractivity contribution >= 4 is 51.4 Å². The molecule has 1 fully saturated rings. The minimum Gasteiger partial charge on any atom is -0.357 e. The lowest BCUT2D eigenvalue weighted by Gasteiger charge is -2.48. The molecule has 0 aromatic heterocycles. The quantitative estimate of drug-likeness (QED) is 0.489. The van der Waals surface area contributed by atoms with E-state index in [-0.39, 0.29) is 30.6 Å². The van der Waals surface area contributed by atoms with Crippen LogP contribution < -0.4 is 5.73 Å². The van der Waals surface area contributed by atoms with Gasteiger partial charge >= 0.3 is 0 Å². The highest BCUT2D eigenvalue weighted by atomic mass is 35.5. The number of halogens is 3. The number of sulfone groups is 1. The van der Waals surface area contributed by atoms with Crippen LogP contribution in [-0.4, -0.2) is 48.4 Å². The first-order valence-electron chi connectivity index (χ1n) is 11.3. The number of carbonyl (C=O) groups is 1. The zero-order valence-corrected chi connectivity index (χ0v) is 23.4. The highest BCUT2D eigenvalue weighted by Crippen LogP contribution is 2.44. The van der Waals surface area contributed by atoms with Crippen molar-refractivity contribution in [2.24, 2.45) is 5.73 Å². The van der Waals surface area contributed by atoms with Gasteiger partial charge in [-0.2, -0.15) is 0 Å². The van der Waals surface area contributed by atoms with Crippen LogP contribution in [0, 0.1) is 0 Å². The number of amides is 1. The van der Waals surface area contributed by atoms with Crippen LogP contribution >= 0.6 is 35.6 Å². The number of hydrogen-bond donors (Lipinski definition) is 1. The minimum atomic E-state index is -3.52. The van der Waals surface area contributed by atoms with Crippen molar-refractivity contribution in [1.82, 2.24) is 4.90 Å². The maximum Gasteiger partial charge on any atom is 0.253 e. The molecule has 0 bridgehead atoms. The third-order valence-corrected chi connectivity index (χ3v) is 9.42. The van der Waals surface area contributed by atoms with Gasteiger partial charge in [0.1, 0.15) is 12.2 Å². The van der Waals surface area contributed by atoms with Gasteiger partial charge in [-0.1, -0.05) is 54.4 Å². The van der Waals surface area contributed by atoms with E-state index in [0.717, 1.165) is 11.1 Å². The molecule has 1 aliphatic rings. The summed E-state index contributed by atoms with van der Waals surface area (Å²) in [6.45, 7) is 6.87. The zero-order chi connectivity index (χ0) is 25.3. The number of benzene rings is 2. The van der Waals surface area contributed by atoms with Gasteiger partial charge in [0, 0.05) is 22.6 Å². The van der Waals surface area contributed by atoms with Crippen LogP contribution in [0.3, 0.4) is 0 Å². The summed E-state index contributed by atoms with van der Waals surface area (Å²) in [6, 6.07) is 13.3. The molecule has 4 atom stereocenters. The van der Waals surface area contributed by atoms with Crippen LogP contribution in [0.4, 0.5) is 0 Å². The summed E-state index contributed by atoms with van der Waals surface area (Å²) >= 11 is 12.4. The average Bonchev–Trinajstić information content (AvgIpc) is 2.77. The number of hydrogen-bond acceptors (Lipinski definition) is 5. The number of nitrogens with two attached hydrogens (primary N) is 1. The summed E-state index contributed by atoms with van der Waals surface area (Å²) in [5.41, 5.74) is 7.49. The molecule has 10 heteroatoms. The predicted octanol–water partition coefficient (Wildman–Crippen LogP) is 5.38. The van der Waals surface area contributed by atoms with Crippen molar-refractivity contribution in [1.29, 1.82) is 0 Å². The van der Waals surface area contributed by atoms with Gasteiger partial charge in [-0.3, -0.25) is 4.79 Å². The molecule has 35 heavy (non-hydrogen) atoms. The number of nitrogens with zero attached hydrogens (tertiary/aromatic N) is 1. The van der Waals surface area contributed by atoms with E-state index in [1.807, 2.05) is 31.2 Å². The fraction of sp³-hybridized carbons (Fsp3) is 0.480. The van der Waals surface area contributed by atoms with Gasteiger partial charge in [0.25, 0.3) is 5.91 Å². The van der Waals surface area contributed by atoms with Crippen LogP contribution in [0.1, 0.15) is 57.4 Å². The lowest BCUT2D eigenvalue weighted by Crippen LogP contribution is -2.58. The van der Waals surface area contributed by atoms with Gasteiger partial charge in [-0.15, -0.1) is 12.4 Å². The Kier molecular flexibility index (Phi) is 10.1. The number of rotatable bonds is 7. The number of morpholine rings is 1. The van der Waals surface area contributed by atoms with Crippen molar-refractivity contribution in [2.75, 3.05) is 12.3 Å². The Balaban J connectivity index is 0.00000432. The van der Waals surface area contributed by atoms with Gasteiger partial charge in [-0.25, -0.2) is 8.42 Å². The van der Waals surface area contributed by atoms with Gasteiger partial charge in [0.2, 0.25) is 0 Å². The first kappa shape index (κ1) is 29.9. The molecule has 2 aromatic rings. The molecule has 1 heterocycles. The molecular formula is C25H33Cl3N2O4S. The van der Waals surface area contributed by atoms with E-state index in [1.54, 1.807) is 49.9 Å². The summed E-state index contributed by atoms with van der Waals surface area (Å²) in [5.74, 6) is -0.487. The minimum absolute atomic E-state index is 0. The standard InChI is InChI=1S/C25H32Cl2N2O4S.ClH/c1-5-20(15-34(31,32)25(2,3)4)29-22(16-9-11-18(26)12-10-16)23(33-21(14-28)24(29)30)17-7-6-8-19(27)13-17;/h6-13,20-23H,5,14-15,28H2,1-4H3;1H/t20?,21-,22+,23+;/m0./s1. The predicted molar refractivity (Wildman–Crippen MR) is 144 cm³/mol. The lowest BCUT2D eigenvalue weighted by atomic mass is 9.90. The summed E-state index contributed by atoms with van der Waals surface area (Å²) in [6.07, 6.45) is -1.05. The summed E-state index contributed by atoms with van der Waals surface area (Å²) in [7, 11) is -3.52. The van der Waals surface area contributed by atoms with E-state index < -0.39 is 38.9 Å². The molecule has 0 spiro atoms. The van der Waals surface area contributed by atoms with E-state index in [0.29, 0.717) is 16.5 Å². The first-order chi connectivity index (χ1) is 15.9. The van der Waals surface area contributed by atoms with Crippen LogP contribution in [0.5, 0.6) is 0 Å². The smallest absolute Gasteiger partial charge is 0.253 e. The fourth-order valence-electron chi connectivity index (χ4n) is 4.16. The molecule has 1 unspecified atom stereocenters. The van der Waals surface area contributed by atoms with Crippen molar-refractivity contribution in [3.8, 4) is 0 Å². The van der Waals surface area contributed by atoms with Crippen molar-refractivity contribution < 1.29 is 17.9 Å². The number of ether oxygens (including phenoxy) is 1. The first-order valence-corrected chi connectivity index (χ1v) is 13.7. The van der Waals surface area contributed by atoms with E-state index in [1.165, 1.54) is 0 Å². The molecule has 3 rings (SSSR count). The molecule has 0 aliphatic carbocycles. The van der Waals surface area contributed by atoms with Crippen LogP contribution in [-0.2, 0) is 19.4 Å². The second-order valence-electron chi connectivity index (χ2n) is 9.53. The Labute approximate surface area is 224 Å². The van der Waals surface area contributed by atoms with Gasteiger partial charge < -0.3 is 15.4 Å². The summed E-state index contributed by atoms with van der Waals surface area (Å²) in [4.78, 5) is 15.3. The Morgan fingerprint density at radius 3 is 2.20 bits per heavy atom. The second kappa shape index (κ2) is 11.8. The zero-order valence-electron chi connectivity index (χ0n) is 20.3. The highest BCUT2D eigenvalue weighted by molar-refractivity contribution is 7.92. The lowest BCUT2D eigenvalue weighted by molar-refractivity contribution is -0.177.